The molecular weight excluding hydrogens is 252 g/mol. The predicted octanol–water partition coefficient (Wildman–Crippen LogP) is 1.57. The fourth-order valence-corrected chi connectivity index (χ4v) is 1.69. The van der Waals surface area contributed by atoms with Crippen molar-refractivity contribution in [3.05, 3.63) is 22.8 Å². The molecule has 1 heterocycles. The van der Waals surface area contributed by atoms with Crippen molar-refractivity contribution in [2.75, 3.05) is 25.0 Å². The van der Waals surface area contributed by atoms with Crippen LogP contribution >= 0.6 is 11.6 Å². The standard InChI is InChI=1S/C12H15ClN4O/c1-3-5-15-10(18)8-17(2)12-11(13)9(7-14)4-6-16-12/h4,6H,3,5,8H2,1-2H3,(H,15,18). The number of hydrogen-bond acceptors (Lipinski definition) is 4. The molecule has 1 aromatic heterocycles. The number of amides is 1. The first kappa shape index (κ1) is 14.3. The maximum Gasteiger partial charge on any atom is 0.239 e. The van der Waals surface area contributed by atoms with Crippen molar-refractivity contribution < 1.29 is 4.79 Å². The number of anilines is 1. The number of likely N-dealkylation sites (N-methyl/N-ethyl adjacent to an activating group) is 1. The molecule has 0 aliphatic carbocycles. The zero-order chi connectivity index (χ0) is 13.5. The second kappa shape index (κ2) is 6.82. The summed E-state index contributed by atoms with van der Waals surface area (Å²) in [6, 6.07) is 3.52. The quantitative estimate of drug-likeness (QED) is 0.878. The monoisotopic (exact) mass is 266 g/mol. The lowest BCUT2D eigenvalue weighted by Gasteiger charge is -2.18. The zero-order valence-corrected chi connectivity index (χ0v) is 11.2. The summed E-state index contributed by atoms with van der Waals surface area (Å²) >= 11 is 6.03. The summed E-state index contributed by atoms with van der Waals surface area (Å²) in [5.41, 5.74) is 0.350. The van der Waals surface area contributed by atoms with Gasteiger partial charge in [-0.05, 0) is 12.5 Å². The van der Waals surface area contributed by atoms with E-state index >= 15 is 0 Å². The van der Waals surface area contributed by atoms with Gasteiger partial charge in [-0.15, -0.1) is 0 Å². The van der Waals surface area contributed by atoms with E-state index in [1.165, 1.54) is 12.3 Å². The van der Waals surface area contributed by atoms with E-state index in [2.05, 4.69) is 10.3 Å². The maximum absolute atomic E-state index is 11.6. The predicted molar refractivity (Wildman–Crippen MR) is 70.5 cm³/mol. The highest BCUT2D eigenvalue weighted by Crippen LogP contribution is 2.25. The first-order chi connectivity index (χ1) is 8.60. The molecular formula is C12H15ClN4O. The molecule has 0 aliphatic heterocycles. The van der Waals surface area contributed by atoms with E-state index in [4.69, 9.17) is 16.9 Å². The minimum absolute atomic E-state index is 0.0976. The van der Waals surface area contributed by atoms with Crippen LogP contribution in [0.5, 0.6) is 0 Å². The third kappa shape index (κ3) is 3.60. The van der Waals surface area contributed by atoms with Crippen LogP contribution < -0.4 is 10.2 Å². The van der Waals surface area contributed by atoms with Crippen LogP contribution in [0.2, 0.25) is 5.02 Å². The molecule has 0 aliphatic rings. The average molecular weight is 267 g/mol. The minimum atomic E-state index is -0.0976. The van der Waals surface area contributed by atoms with Crippen LogP contribution in [0, 0.1) is 11.3 Å². The van der Waals surface area contributed by atoms with E-state index < -0.39 is 0 Å². The van der Waals surface area contributed by atoms with E-state index in [0.717, 1.165) is 6.42 Å². The summed E-state index contributed by atoms with van der Waals surface area (Å²) in [5, 5.41) is 11.9. The van der Waals surface area contributed by atoms with Gasteiger partial charge in [0.1, 0.15) is 16.9 Å². The number of aromatic nitrogens is 1. The molecule has 6 heteroatoms. The summed E-state index contributed by atoms with van der Waals surface area (Å²) in [4.78, 5) is 17.3. The first-order valence-electron chi connectivity index (χ1n) is 5.62. The number of halogens is 1. The number of rotatable bonds is 5. The molecule has 0 saturated heterocycles. The summed E-state index contributed by atoms with van der Waals surface area (Å²) in [6.07, 6.45) is 2.39. The molecule has 1 aromatic rings. The molecule has 0 unspecified atom stereocenters. The van der Waals surface area contributed by atoms with E-state index in [-0.39, 0.29) is 17.5 Å². The molecule has 5 nitrogen and oxygen atoms in total. The molecule has 0 aromatic carbocycles. The van der Waals surface area contributed by atoms with Gasteiger partial charge in [-0.25, -0.2) is 4.98 Å². The van der Waals surface area contributed by atoms with Crippen molar-refractivity contribution in [2.24, 2.45) is 0 Å². The van der Waals surface area contributed by atoms with Crippen LogP contribution in [-0.2, 0) is 4.79 Å². The Morgan fingerprint density at radius 2 is 2.39 bits per heavy atom. The molecule has 18 heavy (non-hydrogen) atoms. The van der Waals surface area contributed by atoms with Crippen LogP contribution in [0.15, 0.2) is 12.3 Å². The second-order valence-corrected chi connectivity index (χ2v) is 4.19. The van der Waals surface area contributed by atoms with Crippen molar-refractivity contribution >= 4 is 23.3 Å². The van der Waals surface area contributed by atoms with Crippen molar-refractivity contribution in [2.45, 2.75) is 13.3 Å². The molecule has 1 rings (SSSR count). The third-order valence-electron chi connectivity index (χ3n) is 2.31. The minimum Gasteiger partial charge on any atom is -0.355 e. The average Bonchev–Trinajstić information content (AvgIpc) is 2.36. The third-order valence-corrected chi connectivity index (χ3v) is 2.68. The van der Waals surface area contributed by atoms with Crippen LogP contribution in [0.4, 0.5) is 5.82 Å². The second-order valence-electron chi connectivity index (χ2n) is 3.81. The molecule has 0 saturated carbocycles. The van der Waals surface area contributed by atoms with Gasteiger partial charge in [-0.3, -0.25) is 4.79 Å². The Kier molecular flexibility index (Phi) is 5.40. The SMILES string of the molecule is CCCNC(=O)CN(C)c1nccc(C#N)c1Cl. The summed E-state index contributed by atoms with van der Waals surface area (Å²) < 4.78 is 0. The van der Waals surface area contributed by atoms with E-state index in [0.29, 0.717) is 17.9 Å². The molecule has 0 spiro atoms. The highest BCUT2D eigenvalue weighted by molar-refractivity contribution is 6.34. The van der Waals surface area contributed by atoms with E-state index in [9.17, 15) is 4.79 Å². The van der Waals surface area contributed by atoms with Gasteiger partial charge in [0.25, 0.3) is 0 Å². The van der Waals surface area contributed by atoms with Gasteiger partial charge in [-0.2, -0.15) is 5.26 Å². The van der Waals surface area contributed by atoms with Crippen molar-refractivity contribution in [1.82, 2.24) is 10.3 Å². The van der Waals surface area contributed by atoms with Gasteiger partial charge >= 0.3 is 0 Å². The maximum atomic E-state index is 11.6. The smallest absolute Gasteiger partial charge is 0.239 e. The van der Waals surface area contributed by atoms with E-state index in [1.807, 2.05) is 13.0 Å². The van der Waals surface area contributed by atoms with Gasteiger partial charge in [-0.1, -0.05) is 18.5 Å². The Morgan fingerprint density at radius 1 is 1.67 bits per heavy atom. The number of nitrogens with one attached hydrogen (secondary N) is 1. The largest absolute Gasteiger partial charge is 0.355 e. The van der Waals surface area contributed by atoms with Gasteiger partial charge in [0, 0.05) is 19.8 Å². The molecule has 0 atom stereocenters. The Morgan fingerprint density at radius 3 is 3.00 bits per heavy atom. The van der Waals surface area contributed by atoms with Crippen LogP contribution in [-0.4, -0.2) is 31.0 Å². The molecule has 1 amide bonds. The number of carbonyl (C=O) groups excluding carboxylic acids is 1. The Hall–Kier alpha value is -1.80. The lowest BCUT2D eigenvalue weighted by molar-refractivity contribution is -0.119. The number of nitriles is 1. The van der Waals surface area contributed by atoms with Gasteiger partial charge in [0.2, 0.25) is 5.91 Å². The van der Waals surface area contributed by atoms with Crippen LogP contribution in [0.25, 0.3) is 0 Å². The van der Waals surface area contributed by atoms with Gasteiger partial charge < -0.3 is 10.2 Å². The van der Waals surface area contributed by atoms with Crippen molar-refractivity contribution in [1.29, 1.82) is 5.26 Å². The lowest BCUT2D eigenvalue weighted by Crippen LogP contribution is -2.36. The van der Waals surface area contributed by atoms with Crippen LogP contribution in [0.1, 0.15) is 18.9 Å². The number of hydrogen-bond donors (Lipinski definition) is 1. The number of nitrogens with zero attached hydrogens (tertiary/aromatic N) is 3. The Balaban J connectivity index is 2.76. The highest BCUT2D eigenvalue weighted by atomic mass is 35.5. The molecule has 0 bridgehead atoms. The number of pyridine rings is 1. The summed E-state index contributed by atoms with van der Waals surface area (Å²) in [7, 11) is 1.71. The Bertz CT molecular complexity index is 470. The van der Waals surface area contributed by atoms with Crippen molar-refractivity contribution in [3.8, 4) is 6.07 Å². The normalized spacial score (nSPS) is 9.67. The van der Waals surface area contributed by atoms with Crippen molar-refractivity contribution in [3.63, 3.8) is 0 Å². The van der Waals surface area contributed by atoms with E-state index in [1.54, 1.807) is 11.9 Å². The number of carbonyl (C=O) groups is 1. The lowest BCUT2D eigenvalue weighted by atomic mass is 10.3. The van der Waals surface area contributed by atoms with Gasteiger partial charge in [0.15, 0.2) is 0 Å². The topological polar surface area (TPSA) is 69.0 Å². The Labute approximate surface area is 111 Å². The highest BCUT2D eigenvalue weighted by Gasteiger charge is 2.13. The molecule has 96 valence electrons. The molecule has 0 fully saturated rings. The summed E-state index contributed by atoms with van der Waals surface area (Å²) in [6.45, 7) is 2.78. The fourth-order valence-electron chi connectivity index (χ4n) is 1.40. The fraction of sp³-hybridized carbons (Fsp3) is 0.417. The van der Waals surface area contributed by atoms with Crippen LogP contribution in [0.3, 0.4) is 0 Å². The zero-order valence-electron chi connectivity index (χ0n) is 10.4. The summed E-state index contributed by atoms with van der Waals surface area (Å²) in [5.74, 6) is 0.335. The molecule has 0 radical (unpaired) electrons. The van der Waals surface area contributed by atoms with Gasteiger partial charge in [0.05, 0.1) is 12.1 Å². The molecule has 1 N–H and O–H groups in total. The first-order valence-corrected chi connectivity index (χ1v) is 6.00.